The Kier molecular flexibility index (Phi) is 5.85. The third-order valence-corrected chi connectivity index (χ3v) is 3.55. The number of rotatable bonds is 6. The Bertz CT molecular complexity index is 461. The molecule has 19 heavy (non-hydrogen) atoms. The van der Waals surface area contributed by atoms with Gasteiger partial charge >= 0.3 is 0 Å². The van der Waals surface area contributed by atoms with Gasteiger partial charge < -0.3 is 10.1 Å². The highest BCUT2D eigenvalue weighted by molar-refractivity contribution is 5.41. The molecule has 3 heteroatoms. The standard InChI is InChI=1S/C16H24N2O/c1-11(2)15(8-17)10-18-9-14-6-12(3)13(4)7-16(14)19-5/h6-7,11,15,18H,9-10H2,1-5H3. The van der Waals surface area contributed by atoms with Crippen molar-refractivity contribution in [2.45, 2.75) is 34.2 Å². The molecular formula is C16H24N2O. The first kappa shape index (κ1) is 15.5. The van der Waals surface area contributed by atoms with Crippen LogP contribution in [0.15, 0.2) is 12.1 Å². The summed E-state index contributed by atoms with van der Waals surface area (Å²) in [5.41, 5.74) is 3.64. The summed E-state index contributed by atoms with van der Waals surface area (Å²) in [5, 5.41) is 12.4. The molecule has 0 aliphatic heterocycles. The number of hydrogen-bond donors (Lipinski definition) is 1. The van der Waals surface area contributed by atoms with Crippen molar-refractivity contribution in [1.29, 1.82) is 5.26 Å². The summed E-state index contributed by atoms with van der Waals surface area (Å²) >= 11 is 0. The molecule has 0 spiro atoms. The first-order valence-electron chi connectivity index (χ1n) is 6.74. The van der Waals surface area contributed by atoms with E-state index in [1.54, 1.807) is 7.11 Å². The number of methoxy groups -OCH3 is 1. The summed E-state index contributed by atoms with van der Waals surface area (Å²) in [4.78, 5) is 0. The molecule has 3 nitrogen and oxygen atoms in total. The fourth-order valence-corrected chi connectivity index (χ4v) is 1.97. The van der Waals surface area contributed by atoms with E-state index in [2.05, 4.69) is 51.2 Å². The van der Waals surface area contributed by atoms with Crippen LogP contribution in [0.2, 0.25) is 0 Å². The van der Waals surface area contributed by atoms with Crippen molar-refractivity contribution in [3.05, 3.63) is 28.8 Å². The largest absolute Gasteiger partial charge is 0.496 e. The average Bonchev–Trinajstić information content (AvgIpc) is 2.37. The van der Waals surface area contributed by atoms with Crippen molar-refractivity contribution < 1.29 is 4.74 Å². The van der Waals surface area contributed by atoms with Gasteiger partial charge in [-0.15, -0.1) is 0 Å². The van der Waals surface area contributed by atoms with Gasteiger partial charge in [-0.1, -0.05) is 19.9 Å². The van der Waals surface area contributed by atoms with Crippen LogP contribution in [0, 0.1) is 37.0 Å². The van der Waals surface area contributed by atoms with Gasteiger partial charge in [0.25, 0.3) is 0 Å². The summed E-state index contributed by atoms with van der Waals surface area (Å²) in [6.45, 7) is 9.78. The second-order valence-electron chi connectivity index (χ2n) is 5.36. The van der Waals surface area contributed by atoms with Crippen LogP contribution < -0.4 is 10.1 Å². The molecule has 0 aliphatic carbocycles. The van der Waals surface area contributed by atoms with Crippen LogP contribution in [0.5, 0.6) is 5.75 Å². The van der Waals surface area contributed by atoms with Crippen LogP contribution in [-0.4, -0.2) is 13.7 Å². The third-order valence-electron chi connectivity index (χ3n) is 3.55. The third kappa shape index (κ3) is 4.25. The van der Waals surface area contributed by atoms with E-state index in [0.29, 0.717) is 12.5 Å². The normalized spacial score (nSPS) is 12.3. The Morgan fingerprint density at radius 3 is 2.42 bits per heavy atom. The second-order valence-corrected chi connectivity index (χ2v) is 5.36. The minimum absolute atomic E-state index is 0.0533. The molecule has 0 radical (unpaired) electrons. The summed E-state index contributed by atoms with van der Waals surface area (Å²) in [7, 11) is 1.69. The predicted octanol–water partition coefficient (Wildman–Crippen LogP) is 3.20. The molecule has 1 N–H and O–H groups in total. The Hall–Kier alpha value is -1.53. The maximum Gasteiger partial charge on any atom is 0.123 e. The molecule has 1 atom stereocenters. The SMILES string of the molecule is COc1cc(C)c(C)cc1CNCC(C#N)C(C)C. The minimum Gasteiger partial charge on any atom is -0.496 e. The molecule has 1 unspecified atom stereocenters. The van der Waals surface area contributed by atoms with E-state index < -0.39 is 0 Å². The van der Waals surface area contributed by atoms with Gasteiger partial charge in [-0.25, -0.2) is 0 Å². The van der Waals surface area contributed by atoms with E-state index >= 15 is 0 Å². The number of benzene rings is 1. The molecular weight excluding hydrogens is 236 g/mol. The van der Waals surface area contributed by atoms with Gasteiger partial charge in [0.1, 0.15) is 5.75 Å². The summed E-state index contributed by atoms with van der Waals surface area (Å²) in [6, 6.07) is 6.56. The quantitative estimate of drug-likeness (QED) is 0.854. The van der Waals surface area contributed by atoms with Crippen LogP contribution in [0.25, 0.3) is 0 Å². The van der Waals surface area contributed by atoms with Crippen LogP contribution in [-0.2, 0) is 6.54 Å². The molecule has 0 fully saturated rings. The summed E-state index contributed by atoms with van der Waals surface area (Å²) < 4.78 is 5.41. The second kappa shape index (κ2) is 7.16. The number of aryl methyl sites for hydroxylation is 2. The Labute approximate surface area is 116 Å². The monoisotopic (exact) mass is 260 g/mol. The van der Waals surface area contributed by atoms with Crippen molar-refractivity contribution in [2.24, 2.45) is 11.8 Å². The zero-order valence-electron chi connectivity index (χ0n) is 12.6. The molecule has 1 aromatic carbocycles. The molecule has 0 bridgehead atoms. The topological polar surface area (TPSA) is 45.0 Å². The lowest BCUT2D eigenvalue weighted by Gasteiger charge is -2.16. The highest BCUT2D eigenvalue weighted by Gasteiger charge is 2.12. The maximum atomic E-state index is 9.06. The van der Waals surface area contributed by atoms with E-state index in [1.807, 2.05) is 0 Å². The molecule has 1 aromatic rings. The van der Waals surface area contributed by atoms with Gasteiger partial charge in [0, 0.05) is 18.7 Å². The lowest BCUT2D eigenvalue weighted by molar-refractivity contribution is 0.402. The van der Waals surface area contributed by atoms with Gasteiger partial charge in [-0.05, 0) is 37.0 Å². The predicted molar refractivity (Wildman–Crippen MR) is 78.1 cm³/mol. The number of nitrogens with zero attached hydrogens (tertiary/aromatic N) is 1. The van der Waals surface area contributed by atoms with E-state index in [9.17, 15) is 0 Å². The lowest BCUT2D eigenvalue weighted by Crippen LogP contribution is -2.25. The Morgan fingerprint density at radius 1 is 1.26 bits per heavy atom. The number of nitriles is 1. The van der Waals surface area contributed by atoms with Crippen molar-refractivity contribution in [3.8, 4) is 11.8 Å². The van der Waals surface area contributed by atoms with Gasteiger partial charge in [0.15, 0.2) is 0 Å². The Morgan fingerprint density at radius 2 is 1.89 bits per heavy atom. The van der Waals surface area contributed by atoms with Crippen molar-refractivity contribution in [3.63, 3.8) is 0 Å². The van der Waals surface area contributed by atoms with Crippen molar-refractivity contribution >= 4 is 0 Å². The fraction of sp³-hybridized carbons (Fsp3) is 0.562. The van der Waals surface area contributed by atoms with Crippen LogP contribution in [0.3, 0.4) is 0 Å². The van der Waals surface area contributed by atoms with Gasteiger partial charge in [-0.3, -0.25) is 0 Å². The van der Waals surface area contributed by atoms with E-state index in [0.717, 1.165) is 17.9 Å². The highest BCUT2D eigenvalue weighted by Crippen LogP contribution is 2.23. The average molecular weight is 260 g/mol. The molecule has 1 rings (SSSR count). The fourth-order valence-electron chi connectivity index (χ4n) is 1.97. The zero-order valence-corrected chi connectivity index (χ0v) is 12.6. The van der Waals surface area contributed by atoms with Crippen molar-refractivity contribution in [1.82, 2.24) is 5.32 Å². The van der Waals surface area contributed by atoms with Gasteiger partial charge in [0.2, 0.25) is 0 Å². The first-order chi connectivity index (χ1) is 8.99. The Balaban J connectivity index is 2.68. The molecule has 0 amide bonds. The maximum absolute atomic E-state index is 9.06. The number of hydrogen-bond acceptors (Lipinski definition) is 3. The van der Waals surface area contributed by atoms with Crippen LogP contribution >= 0.6 is 0 Å². The smallest absolute Gasteiger partial charge is 0.123 e. The van der Waals surface area contributed by atoms with E-state index in [-0.39, 0.29) is 5.92 Å². The number of nitrogens with one attached hydrogen (secondary N) is 1. The van der Waals surface area contributed by atoms with Gasteiger partial charge in [0.05, 0.1) is 19.1 Å². The molecule has 0 aromatic heterocycles. The lowest BCUT2D eigenvalue weighted by atomic mass is 9.97. The highest BCUT2D eigenvalue weighted by atomic mass is 16.5. The zero-order chi connectivity index (χ0) is 14.4. The molecule has 0 saturated heterocycles. The minimum atomic E-state index is 0.0533. The molecule has 0 saturated carbocycles. The van der Waals surface area contributed by atoms with Gasteiger partial charge in [-0.2, -0.15) is 5.26 Å². The summed E-state index contributed by atoms with van der Waals surface area (Å²) in [6.07, 6.45) is 0. The van der Waals surface area contributed by atoms with E-state index in [1.165, 1.54) is 11.1 Å². The summed E-state index contributed by atoms with van der Waals surface area (Å²) in [5.74, 6) is 1.34. The first-order valence-corrected chi connectivity index (χ1v) is 6.74. The van der Waals surface area contributed by atoms with Crippen molar-refractivity contribution in [2.75, 3.05) is 13.7 Å². The molecule has 104 valence electrons. The molecule has 0 heterocycles. The van der Waals surface area contributed by atoms with Crippen LogP contribution in [0.1, 0.15) is 30.5 Å². The van der Waals surface area contributed by atoms with Crippen LogP contribution in [0.4, 0.5) is 0 Å². The number of ether oxygens (including phenoxy) is 1. The molecule has 0 aliphatic rings. The van der Waals surface area contributed by atoms with E-state index in [4.69, 9.17) is 10.00 Å².